The van der Waals surface area contributed by atoms with E-state index in [2.05, 4.69) is 27.8 Å². The largest absolute Gasteiger partial charge is 0.496 e. The van der Waals surface area contributed by atoms with Crippen LogP contribution < -0.4 is 20.1 Å². The third kappa shape index (κ3) is 5.39. The van der Waals surface area contributed by atoms with Crippen LogP contribution in [0.15, 0.2) is 53.5 Å². The van der Waals surface area contributed by atoms with Gasteiger partial charge in [0.2, 0.25) is 0 Å². The molecule has 1 saturated carbocycles. The Morgan fingerprint density at radius 1 is 1.00 bits per heavy atom. The summed E-state index contributed by atoms with van der Waals surface area (Å²) in [6.07, 6.45) is 4.84. The fraction of sp³-hybridized carbons (Fsp3) is 0.409. The summed E-state index contributed by atoms with van der Waals surface area (Å²) in [5, 5.41) is 6.74. The van der Waals surface area contributed by atoms with Crippen molar-refractivity contribution in [3.8, 4) is 11.5 Å². The van der Waals surface area contributed by atoms with Gasteiger partial charge in [0, 0.05) is 25.7 Å². The molecule has 2 aromatic rings. The molecule has 2 N–H and O–H groups in total. The first-order chi connectivity index (χ1) is 13.3. The van der Waals surface area contributed by atoms with Crippen LogP contribution in [0.3, 0.4) is 0 Å². The summed E-state index contributed by atoms with van der Waals surface area (Å²) in [7, 11) is 3.49. The molecule has 0 bridgehead atoms. The molecule has 3 rings (SSSR count). The van der Waals surface area contributed by atoms with E-state index >= 15 is 0 Å². The molecule has 144 valence electrons. The maximum atomic E-state index is 6.10. The van der Waals surface area contributed by atoms with E-state index in [-0.39, 0.29) is 0 Å². The van der Waals surface area contributed by atoms with Crippen molar-refractivity contribution >= 4 is 5.96 Å². The van der Waals surface area contributed by atoms with Crippen molar-refractivity contribution in [2.75, 3.05) is 20.7 Å². The third-order valence-corrected chi connectivity index (χ3v) is 4.87. The Labute approximate surface area is 161 Å². The van der Waals surface area contributed by atoms with E-state index in [1.54, 1.807) is 14.2 Å². The predicted octanol–water partition coefficient (Wildman–Crippen LogP) is 3.53. The quantitative estimate of drug-likeness (QED) is 0.554. The van der Waals surface area contributed by atoms with Crippen LogP contribution in [0.1, 0.15) is 30.4 Å². The molecule has 0 spiro atoms. The van der Waals surface area contributed by atoms with Crippen LogP contribution in [0, 0.1) is 0 Å². The van der Waals surface area contributed by atoms with Crippen LogP contribution in [0.4, 0.5) is 0 Å². The van der Waals surface area contributed by atoms with Gasteiger partial charge in [-0.25, -0.2) is 0 Å². The van der Waals surface area contributed by atoms with E-state index in [0.29, 0.717) is 12.6 Å². The summed E-state index contributed by atoms with van der Waals surface area (Å²) in [5.74, 6) is 2.67. The maximum absolute atomic E-state index is 6.10. The Kier molecular flexibility index (Phi) is 6.97. The zero-order valence-electron chi connectivity index (χ0n) is 16.2. The van der Waals surface area contributed by atoms with Gasteiger partial charge in [-0.2, -0.15) is 0 Å². The monoisotopic (exact) mass is 367 g/mol. The second-order valence-electron chi connectivity index (χ2n) is 6.69. The van der Waals surface area contributed by atoms with Crippen LogP contribution in [-0.2, 0) is 13.0 Å². The highest BCUT2D eigenvalue weighted by Crippen LogP contribution is 2.27. The van der Waals surface area contributed by atoms with E-state index in [1.165, 1.54) is 12.0 Å². The average Bonchev–Trinajstić information content (AvgIpc) is 2.68. The number of ether oxygens (including phenoxy) is 2. The number of rotatable bonds is 8. The maximum Gasteiger partial charge on any atom is 0.191 e. The van der Waals surface area contributed by atoms with Gasteiger partial charge >= 0.3 is 0 Å². The summed E-state index contributed by atoms with van der Waals surface area (Å²) in [4.78, 5) is 4.32. The van der Waals surface area contributed by atoms with Gasteiger partial charge in [0.1, 0.15) is 11.5 Å². The van der Waals surface area contributed by atoms with E-state index < -0.39 is 0 Å². The molecule has 1 fully saturated rings. The van der Waals surface area contributed by atoms with Crippen molar-refractivity contribution in [2.24, 2.45) is 4.99 Å². The van der Waals surface area contributed by atoms with Gasteiger partial charge in [-0.15, -0.1) is 0 Å². The number of hydrogen-bond donors (Lipinski definition) is 2. The lowest BCUT2D eigenvalue weighted by Crippen LogP contribution is -2.38. The van der Waals surface area contributed by atoms with Gasteiger partial charge in [0.15, 0.2) is 5.96 Å². The second-order valence-corrected chi connectivity index (χ2v) is 6.69. The molecule has 0 saturated heterocycles. The SMILES string of the molecule is CN=C(NCCc1ccccc1OC)NCc1ccccc1OC1CCC1. The Morgan fingerprint density at radius 2 is 1.70 bits per heavy atom. The number of aliphatic imine (C=N–C) groups is 1. The Bertz CT molecular complexity index is 757. The first-order valence-electron chi connectivity index (χ1n) is 9.61. The highest BCUT2D eigenvalue weighted by atomic mass is 16.5. The molecule has 2 aromatic carbocycles. The Morgan fingerprint density at radius 3 is 2.37 bits per heavy atom. The van der Waals surface area contributed by atoms with E-state index in [9.17, 15) is 0 Å². The van der Waals surface area contributed by atoms with Gasteiger partial charge in [-0.05, 0) is 43.4 Å². The first kappa shape index (κ1) is 19.1. The number of para-hydroxylation sites is 2. The number of methoxy groups -OCH3 is 1. The molecular weight excluding hydrogens is 338 g/mol. The van der Waals surface area contributed by atoms with E-state index in [0.717, 1.165) is 48.8 Å². The second kappa shape index (κ2) is 9.86. The molecule has 1 aliphatic rings. The van der Waals surface area contributed by atoms with Crippen LogP contribution in [0.5, 0.6) is 11.5 Å². The molecule has 0 amide bonds. The van der Waals surface area contributed by atoms with E-state index in [4.69, 9.17) is 9.47 Å². The van der Waals surface area contributed by atoms with Gasteiger partial charge in [-0.3, -0.25) is 4.99 Å². The van der Waals surface area contributed by atoms with Crippen molar-refractivity contribution in [2.45, 2.75) is 38.3 Å². The highest BCUT2D eigenvalue weighted by Gasteiger charge is 2.20. The van der Waals surface area contributed by atoms with E-state index in [1.807, 2.05) is 36.4 Å². The van der Waals surface area contributed by atoms with Gasteiger partial charge < -0.3 is 20.1 Å². The molecular formula is C22H29N3O2. The van der Waals surface area contributed by atoms with Crippen LogP contribution in [0.25, 0.3) is 0 Å². The summed E-state index contributed by atoms with van der Waals surface area (Å²) in [6, 6.07) is 16.3. The highest BCUT2D eigenvalue weighted by molar-refractivity contribution is 5.79. The lowest BCUT2D eigenvalue weighted by atomic mass is 9.96. The number of benzene rings is 2. The topological polar surface area (TPSA) is 54.9 Å². The zero-order valence-corrected chi connectivity index (χ0v) is 16.2. The van der Waals surface area contributed by atoms with Crippen LogP contribution in [-0.4, -0.2) is 32.8 Å². The standard InChI is InChI=1S/C22H29N3O2/c1-23-22(24-15-14-17-8-3-5-12-20(17)26-2)25-16-18-9-4-6-13-21(18)27-19-10-7-11-19/h3-6,8-9,12-13,19H,7,10-11,14-16H2,1-2H3,(H2,23,24,25). The lowest BCUT2D eigenvalue weighted by Gasteiger charge is -2.27. The minimum absolute atomic E-state index is 0.379. The number of nitrogens with zero attached hydrogens (tertiary/aromatic N) is 1. The van der Waals surface area contributed by atoms with Crippen LogP contribution in [0.2, 0.25) is 0 Å². The minimum Gasteiger partial charge on any atom is -0.496 e. The number of guanidine groups is 1. The summed E-state index contributed by atoms with van der Waals surface area (Å²) in [5.41, 5.74) is 2.33. The summed E-state index contributed by atoms with van der Waals surface area (Å²) < 4.78 is 11.5. The fourth-order valence-electron chi connectivity index (χ4n) is 3.06. The number of hydrogen-bond acceptors (Lipinski definition) is 3. The first-order valence-corrected chi connectivity index (χ1v) is 9.61. The van der Waals surface area contributed by atoms with Crippen molar-refractivity contribution in [3.63, 3.8) is 0 Å². The van der Waals surface area contributed by atoms with Crippen molar-refractivity contribution in [1.29, 1.82) is 0 Å². The predicted molar refractivity (Wildman–Crippen MR) is 110 cm³/mol. The third-order valence-electron chi connectivity index (χ3n) is 4.87. The Hall–Kier alpha value is -2.69. The molecule has 0 atom stereocenters. The molecule has 1 aliphatic carbocycles. The molecule has 0 radical (unpaired) electrons. The molecule has 0 aromatic heterocycles. The zero-order chi connectivity index (χ0) is 18.9. The average molecular weight is 367 g/mol. The van der Waals surface area contributed by atoms with Gasteiger partial charge in [0.25, 0.3) is 0 Å². The molecule has 27 heavy (non-hydrogen) atoms. The normalized spacial score (nSPS) is 14.4. The van der Waals surface area contributed by atoms with Crippen LogP contribution >= 0.6 is 0 Å². The molecule has 0 unspecified atom stereocenters. The van der Waals surface area contributed by atoms with Gasteiger partial charge in [0.05, 0.1) is 13.2 Å². The summed E-state index contributed by atoms with van der Waals surface area (Å²) in [6.45, 7) is 1.46. The van der Waals surface area contributed by atoms with Crippen molar-refractivity contribution in [1.82, 2.24) is 10.6 Å². The molecule has 5 nitrogen and oxygen atoms in total. The Balaban J connectivity index is 1.49. The lowest BCUT2D eigenvalue weighted by molar-refractivity contribution is 0.119. The smallest absolute Gasteiger partial charge is 0.191 e. The fourth-order valence-corrected chi connectivity index (χ4v) is 3.06. The van der Waals surface area contributed by atoms with Crippen molar-refractivity contribution in [3.05, 3.63) is 59.7 Å². The minimum atomic E-state index is 0.379. The van der Waals surface area contributed by atoms with Crippen molar-refractivity contribution < 1.29 is 9.47 Å². The number of nitrogens with one attached hydrogen (secondary N) is 2. The van der Waals surface area contributed by atoms with Gasteiger partial charge in [-0.1, -0.05) is 36.4 Å². The molecule has 0 aliphatic heterocycles. The summed E-state index contributed by atoms with van der Waals surface area (Å²) >= 11 is 0. The molecule has 5 heteroatoms. The molecule has 0 heterocycles.